The number of halogens is 2. The average Bonchev–Trinajstić information content (AvgIpc) is 2.55. The van der Waals surface area contributed by atoms with Gasteiger partial charge >= 0.3 is 0 Å². The van der Waals surface area contributed by atoms with Crippen LogP contribution in [0.25, 0.3) is 0 Å². The van der Waals surface area contributed by atoms with Gasteiger partial charge < -0.3 is 0 Å². The zero-order valence-corrected chi connectivity index (χ0v) is 14.9. The predicted octanol–water partition coefficient (Wildman–Crippen LogP) is 5.97. The molecule has 0 saturated carbocycles. The molecule has 0 atom stereocenters. The summed E-state index contributed by atoms with van der Waals surface area (Å²) in [6.07, 6.45) is 1.11. The van der Waals surface area contributed by atoms with Crippen molar-refractivity contribution < 1.29 is 9.59 Å². The molecular formula is C18H18BrClO2. The minimum absolute atomic E-state index is 0.154. The van der Waals surface area contributed by atoms with Gasteiger partial charge in [0.05, 0.1) is 0 Å². The Kier molecular flexibility index (Phi) is 8.07. The summed E-state index contributed by atoms with van der Waals surface area (Å²) in [7, 11) is 0. The zero-order chi connectivity index (χ0) is 16.5. The van der Waals surface area contributed by atoms with Crippen molar-refractivity contribution in [2.45, 2.75) is 26.7 Å². The maximum absolute atomic E-state index is 11.1. The molecule has 0 saturated heterocycles. The van der Waals surface area contributed by atoms with Gasteiger partial charge in [0.15, 0.2) is 11.6 Å². The van der Waals surface area contributed by atoms with Crippen LogP contribution in [0.3, 0.4) is 0 Å². The Hall–Kier alpha value is -1.45. The first-order valence-corrected chi connectivity index (χ1v) is 8.22. The van der Waals surface area contributed by atoms with E-state index in [0.29, 0.717) is 17.9 Å². The van der Waals surface area contributed by atoms with Crippen LogP contribution in [0.1, 0.15) is 47.4 Å². The minimum atomic E-state index is 0.154. The van der Waals surface area contributed by atoms with Gasteiger partial charge in [-0.05, 0) is 36.4 Å². The molecule has 2 aromatic rings. The van der Waals surface area contributed by atoms with Crippen LogP contribution >= 0.6 is 27.5 Å². The van der Waals surface area contributed by atoms with Crippen molar-refractivity contribution in [1.82, 2.24) is 0 Å². The van der Waals surface area contributed by atoms with E-state index in [0.717, 1.165) is 15.6 Å². The first-order valence-electron chi connectivity index (χ1n) is 7.05. The van der Waals surface area contributed by atoms with Crippen molar-refractivity contribution in [3.8, 4) is 0 Å². The number of ketones is 2. The molecule has 0 radical (unpaired) electrons. The number of rotatable bonds is 4. The lowest BCUT2D eigenvalue weighted by Gasteiger charge is -1.96. The summed E-state index contributed by atoms with van der Waals surface area (Å²) in [5, 5.41) is 0.664. The molecule has 0 aliphatic rings. The summed E-state index contributed by atoms with van der Waals surface area (Å²) in [4.78, 5) is 22.2. The number of benzene rings is 2. The maximum atomic E-state index is 11.1. The third-order valence-corrected chi connectivity index (χ3v) is 3.76. The van der Waals surface area contributed by atoms with Gasteiger partial charge in [0.1, 0.15) is 0 Å². The molecule has 116 valence electrons. The average molecular weight is 382 g/mol. The van der Waals surface area contributed by atoms with Crippen LogP contribution < -0.4 is 0 Å². The van der Waals surface area contributed by atoms with Gasteiger partial charge in [-0.1, -0.05) is 53.5 Å². The topological polar surface area (TPSA) is 34.1 Å². The molecule has 22 heavy (non-hydrogen) atoms. The van der Waals surface area contributed by atoms with Crippen LogP contribution in [0.2, 0.25) is 5.02 Å². The molecule has 0 fully saturated rings. The molecule has 0 aliphatic carbocycles. The van der Waals surface area contributed by atoms with Crippen molar-refractivity contribution in [3.05, 3.63) is 69.2 Å². The molecule has 0 amide bonds. The first-order chi connectivity index (χ1) is 10.5. The van der Waals surface area contributed by atoms with Gasteiger partial charge in [0, 0.05) is 33.5 Å². The SMILES string of the molecule is CCC(=O)c1ccc(Br)cc1.CCC(=O)c1ccc(Cl)cc1. The van der Waals surface area contributed by atoms with Crippen molar-refractivity contribution in [1.29, 1.82) is 0 Å². The highest BCUT2D eigenvalue weighted by atomic mass is 79.9. The lowest BCUT2D eigenvalue weighted by Crippen LogP contribution is -1.94. The highest BCUT2D eigenvalue weighted by Gasteiger charge is 2.01. The van der Waals surface area contributed by atoms with E-state index in [1.165, 1.54) is 0 Å². The number of carbonyl (C=O) groups excluding carboxylic acids is 2. The Labute approximate surface area is 144 Å². The molecule has 0 N–H and O–H groups in total. The van der Waals surface area contributed by atoms with Crippen molar-refractivity contribution in [2.24, 2.45) is 0 Å². The lowest BCUT2D eigenvalue weighted by molar-refractivity contribution is 0.0980. The van der Waals surface area contributed by atoms with Gasteiger partial charge in [0.25, 0.3) is 0 Å². The molecule has 0 aliphatic heterocycles. The van der Waals surface area contributed by atoms with Gasteiger partial charge in [-0.2, -0.15) is 0 Å². The number of Topliss-reactive ketones (excluding diaryl/α,β-unsaturated/α-hetero) is 2. The van der Waals surface area contributed by atoms with Gasteiger partial charge in [-0.3, -0.25) is 9.59 Å². The minimum Gasteiger partial charge on any atom is -0.294 e. The summed E-state index contributed by atoms with van der Waals surface area (Å²) in [6.45, 7) is 3.71. The highest BCUT2D eigenvalue weighted by molar-refractivity contribution is 9.10. The Bertz CT molecular complexity index is 561. The predicted molar refractivity (Wildman–Crippen MR) is 94.8 cm³/mol. The molecule has 0 spiro atoms. The first kappa shape index (κ1) is 18.6. The van der Waals surface area contributed by atoms with E-state index in [-0.39, 0.29) is 11.6 Å². The van der Waals surface area contributed by atoms with Crippen molar-refractivity contribution >= 4 is 39.1 Å². The van der Waals surface area contributed by atoms with E-state index in [2.05, 4.69) is 15.9 Å². The van der Waals surface area contributed by atoms with E-state index in [1.54, 1.807) is 24.3 Å². The molecule has 2 nitrogen and oxygen atoms in total. The molecule has 2 rings (SSSR count). The summed E-state index contributed by atoms with van der Waals surface area (Å²) in [6, 6.07) is 14.4. The lowest BCUT2D eigenvalue weighted by atomic mass is 10.1. The largest absolute Gasteiger partial charge is 0.294 e. The number of carbonyl (C=O) groups is 2. The third kappa shape index (κ3) is 6.12. The summed E-state index contributed by atoms with van der Waals surface area (Å²) < 4.78 is 1.00. The fourth-order valence-electron chi connectivity index (χ4n) is 1.68. The van der Waals surface area contributed by atoms with Crippen LogP contribution in [-0.2, 0) is 0 Å². The second-order valence-corrected chi connectivity index (χ2v) is 5.92. The van der Waals surface area contributed by atoms with E-state index in [9.17, 15) is 9.59 Å². The van der Waals surface area contributed by atoms with Gasteiger partial charge in [-0.25, -0.2) is 0 Å². The highest BCUT2D eigenvalue weighted by Crippen LogP contribution is 2.12. The molecule has 2 aromatic carbocycles. The fourth-order valence-corrected chi connectivity index (χ4v) is 2.07. The molecular weight excluding hydrogens is 364 g/mol. The second kappa shape index (κ2) is 9.54. The van der Waals surface area contributed by atoms with E-state index in [4.69, 9.17) is 11.6 Å². The second-order valence-electron chi connectivity index (χ2n) is 4.57. The molecule has 0 bridgehead atoms. The Morgan fingerprint density at radius 3 is 1.55 bits per heavy atom. The molecule has 0 unspecified atom stereocenters. The maximum Gasteiger partial charge on any atom is 0.162 e. The molecule has 0 aromatic heterocycles. The Balaban J connectivity index is 0.000000220. The van der Waals surface area contributed by atoms with Crippen LogP contribution in [0.4, 0.5) is 0 Å². The van der Waals surface area contributed by atoms with Gasteiger partial charge in [0.2, 0.25) is 0 Å². The normalized spacial score (nSPS) is 9.64. The smallest absolute Gasteiger partial charge is 0.162 e. The quantitative estimate of drug-likeness (QED) is 0.611. The van der Waals surface area contributed by atoms with Gasteiger partial charge in [-0.15, -0.1) is 0 Å². The number of hydrogen-bond donors (Lipinski definition) is 0. The number of hydrogen-bond acceptors (Lipinski definition) is 2. The zero-order valence-electron chi connectivity index (χ0n) is 12.6. The van der Waals surface area contributed by atoms with Crippen LogP contribution in [0, 0.1) is 0 Å². The fraction of sp³-hybridized carbons (Fsp3) is 0.222. The molecule has 0 heterocycles. The third-order valence-electron chi connectivity index (χ3n) is 2.97. The Morgan fingerprint density at radius 2 is 1.18 bits per heavy atom. The van der Waals surface area contributed by atoms with Crippen LogP contribution in [-0.4, -0.2) is 11.6 Å². The van der Waals surface area contributed by atoms with Crippen molar-refractivity contribution in [2.75, 3.05) is 0 Å². The van der Waals surface area contributed by atoms with E-state index < -0.39 is 0 Å². The molecule has 4 heteroatoms. The standard InChI is InChI=1S/C9H9BrO.C9H9ClO/c2*1-2-9(11)7-3-5-8(10)6-4-7/h2*3-6H,2H2,1H3. The summed E-state index contributed by atoms with van der Waals surface area (Å²) in [5.74, 6) is 0.346. The van der Waals surface area contributed by atoms with Crippen LogP contribution in [0.15, 0.2) is 53.0 Å². The Morgan fingerprint density at radius 1 is 0.818 bits per heavy atom. The van der Waals surface area contributed by atoms with E-state index >= 15 is 0 Å². The van der Waals surface area contributed by atoms with E-state index in [1.807, 2.05) is 38.1 Å². The van der Waals surface area contributed by atoms with Crippen LogP contribution in [0.5, 0.6) is 0 Å². The summed E-state index contributed by atoms with van der Waals surface area (Å²) >= 11 is 8.95. The monoisotopic (exact) mass is 380 g/mol. The summed E-state index contributed by atoms with van der Waals surface area (Å²) in [5.41, 5.74) is 1.52. The van der Waals surface area contributed by atoms with Crippen molar-refractivity contribution in [3.63, 3.8) is 0 Å².